The molecule has 3 heterocycles. The third kappa shape index (κ3) is 1.44. The minimum Gasteiger partial charge on any atom is -0.306 e. The maximum Gasteiger partial charge on any atom is 0.0636 e. The summed E-state index contributed by atoms with van der Waals surface area (Å²) >= 11 is 0. The molecule has 1 spiro atoms. The molecule has 1 aromatic rings. The van der Waals surface area contributed by atoms with Gasteiger partial charge >= 0.3 is 0 Å². The van der Waals surface area contributed by atoms with Crippen LogP contribution in [0.4, 0.5) is 0 Å². The van der Waals surface area contributed by atoms with E-state index in [1.165, 1.54) is 0 Å². The second kappa shape index (κ2) is 3.64. The van der Waals surface area contributed by atoms with Crippen molar-refractivity contribution < 1.29 is 4.21 Å². The molecule has 1 saturated heterocycles. The number of hydrogen-bond donors (Lipinski definition) is 0. The first-order chi connectivity index (χ1) is 7.71. The predicted octanol–water partition coefficient (Wildman–Crippen LogP) is 1.17. The number of hydrogen-bond acceptors (Lipinski definition) is 3. The summed E-state index contributed by atoms with van der Waals surface area (Å²) in [4.78, 5) is 7.82. The van der Waals surface area contributed by atoms with E-state index in [2.05, 4.69) is 16.9 Å². The molecule has 0 N–H and O–H groups in total. The van der Waals surface area contributed by atoms with Crippen LogP contribution in [0.2, 0.25) is 0 Å². The van der Waals surface area contributed by atoms with Crippen LogP contribution in [0.25, 0.3) is 0 Å². The first-order valence-corrected chi connectivity index (χ1v) is 7.06. The lowest BCUT2D eigenvalue weighted by Gasteiger charge is -2.36. The molecule has 1 aromatic heterocycles. The Balaban J connectivity index is 2.02. The van der Waals surface area contributed by atoms with Gasteiger partial charge in [0.1, 0.15) is 0 Å². The van der Waals surface area contributed by atoms with Gasteiger partial charge in [-0.1, -0.05) is 0 Å². The van der Waals surface area contributed by atoms with Crippen LogP contribution in [0.1, 0.15) is 18.5 Å². The zero-order chi connectivity index (χ0) is 11.2. The average Bonchev–Trinajstić information content (AvgIpc) is 2.58. The summed E-state index contributed by atoms with van der Waals surface area (Å²) in [5.74, 6) is 0.785. The lowest BCUT2D eigenvalue weighted by atomic mass is 9.77. The van der Waals surface area contributed by atoms with Gasteiger partial charge in [-0.3, -0.25) is 9.19 Å². The van der Waals surface area contributed by atoms with Crippen LogP contribution < -0.4 is 0 Å². The highest BCUT2D eigenvalue weighted by Crippen LogP contribution is 2.43. The van der Waals surface area contributed by atoms with Crippen LogP contribution >= 0.6 is 0 Å². The van der Waals surface area contributed by atoms with Crippen molar-refractivity contribution in [3.63, 3.8) is 0 Å². The van der Waals surface area contributed by atoms with Gasteiger partial charge in [-0.25, -0.2) is 0 Å². The van der Waals surface area contributed by atoms with Gasteiger partial charge in [0.2, 0.25) is 0 Å². The molecule has 0 aromatic carbocycles. The van der Waals surface area contributed by atoms with Gasteiger partial charge in [-0.05, 0) is 45.1 Å². The van der Waals surface area contributed by atoms with E-state index in [-0.39, 0.29) is 5.41 Å². The van der Waals surface area contributed by atoms with E-state index in [9.17, 15) is 4.21 Å². The molecule has 4 heteroatoms. The molecule has 1 unspecified atom stereocenters. The predicted molar refractivity (Wildman–Crippen MR) is 63.9 cm³/mol. The van der Waals surface area contributed by atoms with Crippen molar-refractivity contribution in [2.24, 2.45) is 0 Å². The molecule has 2 aliphatic heterocycles. The van der Waals surface area contributed by atoms with Crippen molar-refractivity contribution in [2.75, 3.05) is 25.9 Å². The lowest BCUT2D eigenvalue weighted by molar-refractivity contribution is 0.200. The molecule has 3 nitrogen and oxygen atoms in total. The SMILES string of the molecule is CN1CCC2(CC1)CS(=O)c1cccnc12. The van der Waals surface area contributed by atoms with Gasteiger partial charge in [0.05, 0.1) is 21.4 Å². The Bertz CT molecular complexity index is 438. The van der Waals surface area contributed by atoms with E-state index < -0.39 is 10.8 Å². The van der Waals surface area contributed by atoms with Gasteiger partial charge in [0.15, 0.2) is 0 Å². The lowest BCUT2D eigenvalue weighted by Crippen LogP contribution is -2.42. The molecule has 16 heavy (non-hydrogen) atoms. The Morgan fingerprint density at radius 3 is 2.94 bits per heavy atom. The monoisotopic (exact) mass is 236 g/mol. The maximum atomic E-state index is 12.1. The van der Waals surface area contributed by atoms with Crippen LogP contribution in [-0.2, 0) is 16.2 Å². The second-order valence-electron chi connectivity index (χ2n) is 4.92. The number of likely N-dealkylation sites (tertiary alicyclic amines) is 1. The summed E-state index contributed by atoms with van der Waals surface area (Å²) in [6.07, 6.45) is 4.03. The fourth-order valence-electron chi connectivity index (χ4n) is 2.80. The highest BCUT2D eigenvalue weighted by molar-refractivity contribution is 7.85. The quantitative estimate of drug-likeness (QED) is 0.678. The van der Waals surface area contributed by atoms with E-state index in [0.29, 0.717) is 0 Å². The van der Waals surface area contributed by atoms with E-state index in [0.717, 1.165) is 42.3 Å². The van der Waals surface area contributed by atoms with Crippen LogP contribution in [-0.4, -0.2) is 40.0 Å². The van der Waals surface area contributed by atoms with Crippen LogP contribution in [0.15, 0.2) is 23.2 Å². The number of fused-ring (bicyclic) bond motifs is 2. The fraction of sp³-hybridized carbons (Fsp3) is 0.583. The Labute approximate surface area is 98.3 Å². The molecule has 1 atom stereocenters. The van der Waals surface area contributed by atoms with E-state index in [1.54, 1.807) is 0 Å². The highest BCUT2D eigenvalue weighted by Gasteiger charge is 2.45. The fourth-order valence-corrected chi connectivity index (χ4v) is 4.60. The van der Waals surface area contributed by atoms with Crippen LogP contribution in [0.3, 0.4) is 0 Å². The molecule has 0 amide bonds. The molecule has 0 bridgehead atoms. The average molecular weight is 236 g/mol. The Morgan fingerprint density at radius 2 is 2.19 bits per heavy atom. The highest BCUT2D eigenvalue weighted by atomic mass is 32.2. The van der Waals surface area contributed by atoms with Crippen molar-refractivity contribution in [3.8, 4) is 0 Å². The van der Waals surface area contributed by atoms with Crippen molar-refractivity contribution in [1.82, 2.24) is 9.88 Å². The van der Waals surface area contributed by atoms with Gasteiger partial charge in [-0.2, -0.15) is 0 Å². The zero-order valence-corrected chi connectivity index (χ0v) is 10.3. The molecular formula is C12H16N2OS. The van der Waals surface area contributed by atoms with E-state index >= 15 is 0 Å². The molecule has 86 valence electrons. The van der Waals surface area contributed by atoms with Crippen molar-refractivity contribution in [1.29, 1.82) is 0 Å². The molecule has 0 saturated carbocycles. The number of piperidine rings is 1. The van der Waals surface area contributed by atoms with E-state index in [1.807, 2.05) is 18.3 Å². The van der Waals surface area contributed by atoms with Gasteiger partial charge in [-0.15, -0.1) is 0 Å². The van der Waals surface area contributed by atoms with Gasteiger partial charge < -0.3 is 4.90 Å². The standard InChI is InChI=1S/C12H16N2OS/c1-14-7-4-12(5-8-14)9-16(15)10-3-2-6-13-11(10)12/h2-3,6H,4-5,7-9H2,1H3. The topological polar surface area (TPSA) is 33.2 Å². The summed E-state index contributed by atoms with van der Waals surface area (Å²) < 4.78 is 12.1. The van der Waals surface area contributed by atoms with Crippen molar-refractivity contribution in [3.05, 3.63) is 24.0 Å². The summed E-state index contributed by atoms with van der Waals surface area (Å²) in [5, 5.41) is 0. The Morgan fingerprint density at radius 1 is 1.44 bits per heavy atom. The molecule has 2 aliphatic rings. The third-order valence-corrected chi connectivity index (χ3v) is 5.50. The number of pyridine rings is 1. The Kier molecular flexibility index (Phi) is 2.37. The minimum absolute atomic E-state index is 0.105. The van der Waals surface area contributed by atoms with Gasteiger partial charge in [0, 0.05) is 17.4 Å². The van der Waals surface area contributed by atoms with Crippen molar-refractivity contribution in [2.45, 2.75) is 23.2 Å². The van der Waals surface area contributed by atoms with Crippen molar-refractivity contribution >= 4 is 10.8 Å². The second-order valence-corrected chi connectivity index (χ2v) is 6.34. The smallest absolute Gasteiger partial charge is 0.0636 e. The van der Waals surface area contributed by atoms with Crippen LogP contribution in [0.5, 0.6) is 0 Å². The number of rotatable bonds is 0. The Hall–Kier alpha value is -0.740. The molecule has 3 rings (SSSR count). The van der Waals surface area contributed by atoms with Crippen LogP contribution in [0, 0.1) is 0 Å². The van der Waals surface area contributed by atoms with E-state index in [4.69, 9.17) is 0 Å². The zero-order valence-electron chi connectivity index (χ0n) is 9.48. The summed E-state index contributed by atoms with van der Waals surface area (Å²) in [6, 6.07) is 3.87. The molecule has 0 radical (unpaired) electrons. The van der Waals surface area contributed by atoms with Gasteiger partial charge in [0.25, 0.3) is 0 Å². The molecular weight excluding hydrogens is 220 g/mol. The summed E-state index contributed by atoms with van der Waals surface area (Å²) in [7, 11) is 1.32. The summed E-state index contributed by atoms with van der Waals surface area (Å²) in [5.41, 5.74) is 1.22. The number of aromatic nitrogens is 1. The number of nitrogens with zero attached hydrogens (tertiary/aromatic N) is 2. The minimum atomic E-state index is -0.827. The first-order valence-electron chi connectivity index (χ1n) is 5.74. The normalized spacial score (nSPS) is 28.2. The summed E-state index contributed by atoms with van der Waals surface area (Å²) in [6.45, 7) is 2.18. The largest absolute Gasteiger partial charge is 0.306 e. The maximum absolute atomic E-state index is 12.1. The molecule has 1 fully saturated rings. The third-order valence-electron chi connectivity index (χ3n) is 3.87. The molecule has 0 aliphatic carbocycles. The first kappa shape index (κ1) is 10.4.